The fourth-order valence-electron chi connectivity index (χ4n) is 3.14. The number of ether oxygens (including phenoxy) is 2. The molecule has 136 valence electrons. The van der Waals surface area contributed by atoms with Crippen molar-refractivity contribution in [1.29, 1.82) is 0 Å². The summed E-state index contributed by atoms with van der Waals surface area (Å²) in [5.41, 5.74) is 3.81. The van der Waals surface area contributed by atoms with Crippen LogP contribution in [-0.2, 0) is 0 Å². The van der Waals surface area contributed by atoms with Crippen molar-refractivity contribution in [3.8, 4) is 22.1 Å². The van der Waals surface area contributed by atoms with Crippen molar-refractivity contribution < 1.29 is 9.47 Å². The molecule has 7 heteroatoms. The first-order valence-corrected chi connectivity index (χ1v) is 9.78. The average molecular weight is 398 g/mol. The lowest BCUT2D eigenvalue weighted by molar-refractivity contribution is 0.171. The van der Waals surface area contributed by atoms with Crippen LogP contribution in [0.4, 0.5) is 11.5 Å². The molecule has 1 aliphatic rings. The van der Waals surface area contributed by atoms with Crippen LogP contribution < -0.4 is 14.8 Å². The number of anilines is 2. The lowest BCUT2D eigenvalue weighted by Gasteiger charge is -2.19. The van der Waals surface area contributed by atoms with Crippen LogP contribution in [-0.4, -0.2) is 22.6 Å². The lowest BCUT2D eigenvalue weighted by atomic mass is 10.2. The number of hydrogen-bond acceptors (Lipinski definition) is 5. The van der Waals surface area contributed by atoms with Gasteiger partial charge in [0.15, 0.2) is 11.5 Å². The van der Waals surface area contributed by atoms with E-state index in [1.54, 1.807) is 0 Å². The highest BCUT2D eigenvalue weighted by molar-refractivity contribution is 7.19. The van der Waals surface area contributed by atoms with Gasteiger partial charge in [-0.3, -0.25) is 4.40 Å². The van der Waals surface area contributed by atoms with Crippen LogP contribution in [0.3, 0.4) is 0 Å². The van der Waals surface area contributed by atoms with Gasteiger partial charge in [0.2, 0.25) is 0 Å². The number of imidazole rings is 1. The second-order valence-electron chi connectivity index (χ2n) is 6.33. The molecule has 0 atom stereocenters. The number of aromatic nitrogens is 2. The molecule has 4 heterocycles. The Labute approximate surface area is 165 Å². The van der Waals surface area contributed by atoms with Crippen molar-refractivity contribution in [2.45, 2.75) is 6.92 Å². The summed E-state index contributed by atoms with van der Waals surface area (Å²) < 4.78 is 14.1. The summed E-state index contributed by atoms with van der Waals surface area (Å²) in [4.78, 5) is 5.83. The summed E-state index contributed by atoms with van der Waals surface area (Å²) in [7, 11) is 0. The quantitative estimate of drug-likeness (QED) is 0.493. The highest BCUT2D eigenvalue weighted by atomic mass is 35.5. The largest absolute Gasteiger partial charge is 0.486 e. The SMILES string of the molecule is Cc1ccc2nc(-c3ccc(Cl)s3)c(Nc3ccc4c(c3)OCCO4)n2c1. The molecule has 4 aromatic rings. The third-order valence-corrected chi connectivity index (χ3v) is 5.62. The van der Waals surface area contributed by atoms with Crippen molar-refractivity contribution in [1.82, 2.24) is 9.38 Å². The maximum Gasteiger partial charge on any atom is 0.163 e. The molecule has 0 spiro atoms. The summed E-state index contributed by atoms with van der Waals surface area (Å²) in [5.74, 6) is 2.41. The molecule has 27 heavy (non-hydrogen) atoms. The Morgan fingerprint density at radius 2 is 1.93 bits per heavy atom. The van der Waals surface area contributed by atoms with Gasteiger partial charge in [-0.2, -0.15) is 0 Å². The van der Waals surface area contributed by atoms with Crippen LogP contribution in [0.2, 0.25) is 4.34 Å². The van der Waals surface area contributed by atoms with E-state index in [0.29, 0.717) is 13.2 Å². The molecule has 1 aliphatic heterocycles. The van der Waals surface area contributed by atoms with E-state index in [1.165, 1.54) is 11.3 Å². The normalized spacial score (nSPS) is 13.1. The molecule has 1 aromatic carbocycles. The fourth-order valence-corrected chi connectivity index (χ4v) is 4.18. The zero-order valence-corrected chi connectivity index (χ0v) is 16.1. The number of nitrogens with one attached hydrogen (secondary N) is 1. The highest BCUT2D eigenvalue weighted by Gasteiger charge is 2.18. The Balaban J connectivity index is 1.63. The van der Waals surface area contributed by atoms with Gasteiger partial charge < -0.3 is 14.8 Å². The molecule has 5 rings (SSSR count). The van der Waals surface area contributed by atoms with E-state index < -0.39 is 0 Å². The summed E-state index contributed by atoms with van der Waals surface area (Å²) in [6.07, 6.45) is 2.07. The number of pyridine rings is 1. The van der Waals surface area contributed by atoms with Gasteiger partial charge in [0.1, 0.15) is 30.4 Å². The van der Waals surface area contributed by atoms with E-state index in [4.69, 9.17) is 26.1 Å². The zero-order chi connectivity index (χ0) is 18.4. The minimum atomic E-state index is 0.560. The van der Waals surface area contributed by atoms with E-state index >= 15 is 0 Å². The number of nitrogens with zero attached hydrogens (tertiary/aromatic N) is 2. The standard InChI is InChI=1S/C20H16ClN3O2S/c1-12-2-7-18-23-19(16-5-6-17(21)27-16)20(24(18)11-12)22-13-3-4-14-15(10-13)26-9-8-25-14/h2-7,10-11,22H,8-9H2,1H3. The molecule has 0 radical (unpaired) electrons. The minimum absolute atomic E-state index is 0.560. The Bertz CT molecular complexity index is 1150. The maximum absolute atomic E-state index is 6.16. The molecular weight excluding hydrogens is 382 g/mol. The first-order chi connectivity index (χ1) is 13.2. The van der Waals surface area contributed by atoms with Crippen molar-refractivity contribution in [2.75, 3.05) is 18.5 Å². The molecular formula is C20H16ClN3O2S. The average Bonchev–Trinajstić information content (AvgIpc) is 3.25. The third-order valence-electron chi connectivity index (χ3n) is 4.38. The molecule has 0 bridgehead atoms. The lowest BCUT2D eigenvalue weighted by Crippen LogP contribution is -2.15. The number of aryl methyl sites for hydroxylation is 1. The van der Waals surface area contributed by atoms with Crippen LogP contribution in [0.25, 0.3) is 16.2 Å². The van der Waals surface area contributed by atoms with E-state index in [0.717, 1.165) is 49.1 Å². The molecule has 0 saturated carbocycles. The first kappa shape index (κ1) is 16.5. The molecule has 0 aliphatic carbocycles. The number of benzene rings is 1. The van der Waals surface area contributed by atoms with E-state index in [2.05, 4.69) is 28.9 Å². The van der Waals surface area contributed by atoms with Gasteiger partial charge in [-0.1, -0.05) is 17.7 Å². The molecule has 0 saturated heterocycles. The Morgan fingerprint density at radius 3 is 2.74 bits per heavy atom. The van der Waals surface area contributed by atoms with Crippen molar-refractivity contribution in [3.05, 3.63) is 58.6 Å². The van der Waals surface area contributed by atoms with Crippen LogP contribution in [0.1, 0.15) is 5.56 Å². The second-order valence-corrected chi connectivity index (χ2v) is 8.05. The summed E-state index contributed by atoms with van der Waals surface area (Å²) >= 11 is 7.67. The molecule has 3 aromatic heterocycles. The summed E-state index contributed by atoms with van der Waals surface area (Å²) in [5, 5.41) is 3.51. The Hall–Kier alpha value is -2.70. The smallest absolute Gasteiger partial charge is 0.163 e. The molecule has 1 N–H and O–H groups in total. The Kier molecular flexibility index (Phi) is 3.95. The van der Waals surface area contributed by atoms with Crippen molar-refractivity contribution in [2.24, 2.45) is 0 Å². The van der Waals surface area contributed by atoms with E-state index in [-0.39, 0.29) is 0 Å². The van der Waals surface area contributed by atoms with Crippen molar-refractivity contribution in [3.63, 3.8) is 0 Å². The van der Waals surface area contributed by atoms with Gasteiger partial charge in [-0.15, -0.1) is 11.3 Å². The van der Waals surface area contributed by atoms with E-state index in [1.807, 2.05) is 36.4 Å². The van der Waals surface area contributed by atoms with Gasteiger partial charge in [0.25, 0.3) is 0 Å². The number of thiophene rings is 1. The third kappa shape index (κ3) is 3.01. The molecule has 0 amide bonds. The summed E-state index contributed by atoms with van der Waals surface area (Å²) in [6, 6.07) is 13.8. The Morgan fingerprint density at radius 1 is 1.07 bits per heavy atom. The molecule has 0 fully saturated rings. The van der Waals surface area contributed by atoms with Crippen LogP contribution >= 0.6 is 22.9 Å². The van der Waals surface area contributed by atoms with Crippen LogP contribution in [0, 0.1) is 6.92 Å². The first-order valence-electron chi connectivity index (χ1n) is 8.58. The minimum Gasteiger partial charge on any atom is -0.486 e. The van der Waals surface area contributed by atoms with Gasteiger partial charge in [0.05, 0.1) is 9.21 Å². The second kappa shape index (κ2) is 6.48. The number of fused-ring (bicyclic) bond motifs is 2. The maximum atomic E-state index is 6.16. The van der Waals surface area contributed by atoms with Gasteiger partial charge in [-0.25, -0.2) is 4.98 Å². The van der Waals surface area contributed by atoms with Gasteiger partial charge in [0, 0.05) is 18.0 Å². The van der Waals surface area contributed by atoms with Crippen LogP contribution in [0.5, 0.6) is 11.5 Å². The molecule has 0 unspecified atom stereocenters. The van der Waals surface area contributed by atoms with Crippen LogP contribution in [0.15, 0.2) is 48.7 Å². The predicted octanol–water partition coefficient (Wildman–Crippen LogP) is 5.54. The van der Waals surface area contributed by atoms with Gasteiger partial charge >= 0.3 is 0 Å². The van der Waals surface area contributed by atoms with Crippen molar-refractivity contribution >= 4 is 40.1 Å². The predicted molar refractivity (Wildman–Crippen MR) is 109 cm³/mol. The monoisotopic (exact) mass is 397 g/mol. The van der Waals surface area contributed by atoms with Gasteiger partial charge in [-0.05, 0) is 42.8 Å². The van der Waals surface area contributed by atoms with E-state index in [9.17, 15) is 0 Å². The number of hydrogen-bond donors (Lipinski definition) is 1. The zero-order valence-electron chi connectivity index (χ0n) is 14.5. The number of halogens is 1. The fraction of sp³-hybridized carbons (Fsp3) is 0.150. The molecule has 5 nitrogen and oxygen atoms in total. The topological polar surface area (TPSA) is 47.8 Å². The summed E-state index contributed by atoms with van der Waals surface area (Å²) in [6.45, 7) is 3.20. The highest BCUT2D eigenvalue weighted by Crippen LogP contribution is 2.39. The number of rotatable bonds is 3.